The number of rotatable bonds is 2. The molecule has 1 aromatic heterocycles. The van der Waals surface area contributed by atoms with Crippen molar-refractivity contribution in [3.63, 3.8) is 0 Å². The molecule has 0 aliphatic carbocycles. The lowest BCUT2D eigenvalue weighted by Crippen LogP contribution is -2.11. The third-order valence-electron chi connectivity index (χ3n) is 1.93. The van der Waals surface area contributed by atoms with Crippen molar-refractivity contribution in [1.29, 1.82) is 0 Å². The Morgan fingerprint density at radius 3 is 2.94 bits per heavy atom. The van der Waals surface area contributed by atoms with E-state index in [9.17, 15) is 4.79 Å². The van der Waals surface area contributed by atoms with Crippen LogP contribution in [0.25, 0.3) is 0 Å². The number of benzene rings is 1. The molecule has 16 heavy (non-hydrogen) atoms. The number of thiazole rings is 1. The zero-order chi connectivity index (χ0) is 11.5. The molecule has 0 radical (unpaired) electrons. The molecule has 0 saturated heterocycles. The molecule has 0 atom stereocenters. The van der Waals surface area contributed by atoms with E-state index in [2.05, 4.69) is 26.2 Å². The third kappa shape index (κ3) is 2.68. The van der Waals surface area contributed by atoms with Gasteiger partial charge in [0.2, 0.25) is 0 Å². The van der Waals surface area contributed by atoms with Gasteiger partial charge in [0.15, 0.2) is 5.13 Å². The Morgan fingerprint density at radius 1 is 1.50 bits per heavy atom. The topological polar surface area (TPSA) is 42.0 Å². The van der Waals surface area contributed by atoms with E-state index in [0.29, 0.717) is 10.7 Å². The van der Waals surface area contributed by atoms with Crippen LogP contribution in [-0.2, 0) is 0 Å². The van der Waals surface area contributed by atoms with Crippen molar-refractivity contribution in [2.24, 2.45) is 0 Å². The normalized spacial score (nSPS) is 10.1. The van der Waals surface area contributed by atoms with E-state index in [-0.39, 0.29) is 5.91 Å². The number of aryl methyl sites for hydroxylation is 1. The summed E-state index contributed by atoms with van der Waals surface area (Å²) in [6, 6.07) is 7.24. The molecule has 82 valence electrons. The van der Waals surface area contributed by atoms with Crippen LogP contribution in [-0.4, -0.2) is 10.9 Å². The van der Waals surface area contributed by atoms with Gasteiger partial charge in [-0.3, -0.25) is 10.1 Å². The summed E-state index contributed by atoms with van der Waals surface area (Å²) in [5.41, 5.74) is 0.613. The second kappa shape index (κ2) is 4.76. The summed E-state index contributed by atoms with van der Waals surface area (Å²) < 4.78 is 0.885. The highest BCUT2D eigenvalue weighted by molar-refractivity contribution is 9.10. The van der Waals surface area contributed by atoms with E-state index in [0.717, 1.165) is 9.35 Å². The van der Waals surface area contributed by atoms with E-state index in [1.54, 1.807) is 18.3 Å². The van der Waals surface area contributed by atoms with Gasteiger partial charge in [-0.1, -0.05) is 22.0 Å². The number of nitrogens with zero attached hydrogens (tertiary/aromatic N) is 1. The van der Waals surface area contributed by atoms with Gasteiger partial charge >= 0.3 is 0 Å². The molecule has 0 aliphatic heterocycles. The average molecular weight is 297 g/mol. The summed E-state index contributed by atoms with van der Waals surface area (Å²) in [6.07, 6.45) is 1.74. The van der Waals surface area contributed by atoms with Gasteiger partial charge in [-0.15, -0.1) is 11.3 Å². The van der Waals surface area contributed by atoms with Gasteiger partial charge in [-0.2, -0.15) is 0 Å². The molecule has 5 heteroatoms. The average Bonchev–Trinajstić information content (AvgIpc) is 2.64. The monoisotopic (exact) mass is 296 g/mol. The smallest absolute Gasteiger partial charge is 0.257 e. The highest BCUT2D eigenvalue weighted by atomic mass is 79.9. The summed E-state index contributed by atoms with van der Waals surface area (Å²) in [4.78, 5) is 17.0. The van der Waals surface area contributed by atoms with E-state index in [1.165, 1.54) is 11.3 Å². The molecule has 2 aromatic rings. The van der Waals surface area contributed by atoms with E-state index in [1.807, 2.05) is 19.1 Å². The summed E-state index contributed by atoms with van der Waals surface area (Å²) in [5, 5.41) is 3.38. The van der Waals surface area contributed by atoms with Crippen LogP contribution in [0.1, 0.15) is 15.2 Å². The Balaban J connectivity index is 2.14. The van der Waals surface area contributed by atoms with Crippen molar-refractivity contribution in [2.75, 3.05) is 5.32 Å². The Bertz CT molecular complexity index is 524. The summed E-state index contributed by atoms with van der Waals surface area (Å²) in [7, 11) is 0. The first-order valence-electron chi connectivity index (χ1n) is 4.64. The fourth-order valence-corrected chi connectivity index (χ4v) is 2.27. The van der Waals surface area contributed by atoms with Crippen LogP contribution in [0.15, 0.2) is 34.9 Å². The van der Waals surface area contributed by atoms with Gasteiger partial charge in [0, 0.05) is 21.1 Å². The van der Waals surface area contributed by atoms with Crippen LogP contribution < -0.4 is 5.32 Å². The van der Waals surface area contributed by atoms with Crippen molar-refractivity contribution < 1.29 is 4.79 Å². The van der Waals surface area contributed by atoms with Gasteiger partial charge < -0.3 is 0 Å². The highest BCUT2D eigenvalue weighted by Gasteiger charge is 2.08. The predicted octanol–water partition coefficient (Wildman–Crippen LogP) is 3.47. The molecule has 0 bridgehead atoms. The van der Waals surface area contributed by atoms with Crippen molar-refractivity contribution in [2.45, 2.75) is 6.92 Å². The minimum Gasteiger partial charge on any atom is -0.298 e. The van der Waals surface area contributed by atoms with Gasteiger partial charge in [0.25, 0.3) is 5.91 Å². The Hall–Kier alpha value is -1.20. The zero-order valence-electron chi connectivity index (χ0n) is 8.53. The fourth-order valence-electron chi connectivity index (χ4n) is 1.21. The van der Waals surface area contributed by atoms with Gasteiger partial charge in [-0.25, -0.2) is 4.98 Å². The molecule has 0 unspecified atom stereocenters. The largest absolute Gasteiger partial charge is 0.298 e. The second-order valence-electron chi connectivity index (χ2n) is 3.24. The number of amides is 1. The molecule has 1 amide bonds. The third-order valence-corrected chi connectivity index (χ3v) is 3.25. The highest BCUT2D eigenvalue weighted by Crippen LogP contribution is 2.18. The second-order valence-corrected chi connectivity index (χ2v) is 5.39. The quantitative estimate of drug-likeness (QED) is 0.922. The molecule has 1 aromatic carbocycles. The number of carbonyl (C=O) groups excluding carboxylic acids is 1. The van der Waals surface area contributed by atoms with Gasteiger partial charge in [0.05, 0.1) is 0 Å². The lowest BCUT2D eigenvalue weighted by molar-refractivity contribution is 0.102. The molecule has 0 aliphatic rings. The summed E-state index contributed by atoms with van der Waals surface area (Å²) >= 11 is 4.79. The molecule has 0 spiro atoms. The lowest BCUT2D eigenvalue weighted by atomic mass is 10.2. The number of hydrogen-bond acceptors (Lipinski definition) is 3. The standard InChI is InChI=1S/C11H9BrN2OS/c1-7-6-13-11(16-7)14-10(15)8-3-2-4-9(12)5-8/h2-6H,1H3,(H,13,14,15). The predicted molar refractivity (Wildman–Crippen MR) is 68.9 cm³/mol. The van der Waals surface area contributed by atoms with Crippen molar-refractivity contribution >= 4 is 38.3 Å². The number of anilines is 1. The van der Waals surface area contributed by atoms with E-state index >= 15 is 0 Å². The Labute approximate surface area is 106 Å². The van der Waals surface area contributed by atoms with Crippen LogP contribution in [0.4, 0.5) is 5.13 Å². The molecular formula is C11H9BrN2OS. The fraction of sp³-hybridized carbons (Fsp3) is 0.0909. The minimum atomic E-state index is -0.143. The van der Waals surface area contributed by atoms with Gasteiger partial charge in [-0.05, 0) is 25.1 Å². The molecule has 3 nitrogen and oxygen atoms in total. The zero-order valence-corrected chi connectivity index (χ0v) is 10.9. The number of nitrogens with one attached hydrogen (secondary N) is 1. The summed E-state index contributed by atoms with van der Waals surface area (Å²) in [6.45, 7) is 1.95. The van der Waals surface area contributed by atoms with Crippen LogP contribution in [0, 0.1) is 6.92 Å². The van der Waals surface area contributed by atoms with Crippen molar-refractivity contribution in [1.82, 2.24) is 4.98 Å². The molecule has 1 heterocycles. The maximum absolute atomic E-state index is 11.8. The first kappa shape index (κ1) is 11.3. The van der Waals surface area contributed by atoms with Gasteiger partial charge in [0.1, 0.15) is 0 Å². The molecule has 0 fully saturated rings. The SMILES string of the molecule is Cc1cnc(NC(=O)c2cccc(Br)c2)s1. The number of halogens is 1. The maximum Gasteiger partial charge on any atom is 0.257 e. The molecular weight excluding hydrogens is 288 g/mol. The summed E-state index contributed by atoms with van der Waals surface area (Å²) in [5.74, 6) is -0.143. The van der Waals surface area contributed by atoms with Crippen molar-refractivity contribution in [3.05, 3.63) is 45.4 Å². The van der Waals surface area contributed by atoms with Crippen LogP contribution in [0.3, 0.4) is 0 Å². The first-order chi connectivity index (χ1) is 7.65. The Morgan fingerprint density at radius 2 is 2.31 bits per heavy atom. The first-order valence-corrected chi connectivity index (χ1v) is 6.25. The molecule has 2 rings (SSSR count). The minimum absolute atomic E-state index is 0.143. The van der Waals surface area contributed by atoms with E-state index < -0.39 is 0 Å². The lowest BCUT2D eigenvalue weighted by Gasteiger charge is -2.01. The van der Waals surface area contributed by atoms with Crippen LogP contribution in [0.2, 0.25) is 0 Å². The van der Waals surface area contributed by atoms with Crippen LogP contribution in [0.5, 0.6) is 0 Å². The van der Waals surface area contributed by atoms with Crippen LogP contribution >= 0.6 is 27.3 Å². The molecule has 0 saturated carbocycles. The van der Waals surface area contributed by atoms with Crippen molar-refractivity contribution in [3.8, 4) is 0 Å². The molecule has 1 N–H and O–H groups in total. The van der Waals surface area contributed by atoms with E-state index in [4.69, 9.17) is 0 Å². The number of carbonyl (C=O) groups is 1. The number of hydrogen-bond donors (Lipinski definition) is 1. The Kier molecular flexibility index (Phi) is 3.36. The number of aromatic nitrogens is 1. The maximum atomic E-state index is 11.8.